The smallest absolute Gasteiger partial charge is 0.299 e. The van der Waals surface area contributed by atoms with Crippen LogP contribution in [0.1, 0.15) is 99.8 Å². The normalized spacial score (nSPS) is 44.5. The van der Waals surface area contributed by atoms with Gasteiger partial charge in [0.15, 0.2) is 11.5 Å². The monoisotopic (exact) mass is 610 g/mol. The van der Waals surface area contributed by atoms with Crippen molar-refractivity contribution in [1.82, 2.24) is 4.72 Å². The molecule has 4 fully saturated rings. The summed E-state index contributed by atoms with van der Waals surface area (Å²) < 4.78 is 68.2. The number of rotatable bonds is 3. The number of ketones is 2. The zero-order valence-electron chi connectivity index (χ0n) is 25.9. The van der Waals surface area contributed by atoms with Gasteiger partial charge in [-0.1, -0.05) is 54.5 Å². The molecule has 0 radical (unpaired) electrons. The van der Waals surface area contributed by atoms with Gasteiger partial charge in [0.25, 0.3) is 0 Å². The van der Waals surface area contributed by atoms with E-state index in [9.17, 15) is 36.4 Å². The van der Waals surface area contributed by atoms with Crippen molar-refractivity contribution < 1.29 is 31.2 Å². The molecule has 5 rings (SSSR count). The van der Waals surface area contributed by atoms with E-state index in [1.165, 1.54) is 0 Å². The van der Waals surface area contributed by atoms with E-state index in [0.717, 1.165) is 12.8 Å². The van der Waals surface area contributed by atoms with Crippen LogP contribution in [0.25, 0.3) is 0 Å². The Morgan fingerprint density at radius 2 is 1.57 bits per heavy atom. The first-order valence-corrected chi connectivity index (χ1v) is 16.9. The Labute approximate surface area is 248 Å². The Balaban J connectivity index is 1.60. The summed E-state index contributed by atoms with van der Waals surface area (Å²) in [5.74, 6) is -3.14. The molecular weight excluding hydrogens is 565 g/mol. The number of nitriles is 1. The van der Waals surface area contributed by atoms with Crippen molar-refractivity contribution in [2.24, 2.45) is 50.7 Å². The summed E-state index contributed by atoms with van der Waals surface area (Å²) in [7, 11) is -4.68. The Morgan fingerprint density at radius 1 is 0.952 bits per heavy atom. The van der Waals surface area contributed by atoms with Gasteiger partial charge in [-0.25, -0.2) is 13.1 Å². The number of carbonyl (C=O) groups excluding carboxylic acids is 2. The standard InChI is InChI=1S/C32H45F3N2O4S/c1-26(2)10-12-31(37-42(40,41)18-32(33,34)35)13-11-30(7)24(20(31)16-26)21(38)14-23-28(5)15-19(17-36)25(39)27(3,4)22(28)8-9-29(23,30)6/h15,20,22-24,37H,8-14,16,18H2,1-7H3/t20-,22+,23-,24+,28+,29-,30-,31+/m1/s1. The molecule has 0 aromatic carbocycles. The van der Waals surface area contributed by atoms with Crippen LogP contribution in [0.2, 0.25) is 0 Å². The number of allylic oxidation sites excluding steroid dienone is 2. The van der Waals surface area contributed by atoms with Gasteiger partial charge in [-0.2, -0.15) is 18.4 Å². The van der Waals surface area contributed by atoms with Gasteiger partial charge in [0.1, 0.15) is 11.9 Å². The van der Waals surface area contributed by atoms with Crippen LogP contribution < -0.4 is 4.72 Å². The van der Waals surface area contributed by atoms with E-state index in [2.05, 4.69) is 45.4 Å². The molecule has 0 spiro atoms. The molecule has 0 aromatic heterocycles. The lowest BCUT2D eigenvalue weighted by molar-refractivity contribution is -0.214. The second-order valence-corrected chi connectivity index (χ2v) is 18.0. The Hall–Kier alpha value is -1.73. The quantitative estimate of drug-likeness (QED) is 0.392. The van der Waals surface area contributed by atoms with Crippen molar-refractivity contribution in [2.45, 2.75) is 112 Å². The molecule has 42 heavy (non-hydrogen) atoms. The molecule has 0 aromatic rings. The van der Waals surface area contributed by atoms with Crippen LogP contribution in [0, 0.1) is 62.1 Å². The lowest BCUT2D eigenvalue weighted by atomic mass is 9.32. The van der Waals surface area contributed by atoms with E-state index in [0.29, 0.717) is 32.1 Å². The third-order valence-electron chi connectivity index (χ3n) is 13.2. The lowest BCUT2D eigenvalue weighted by Gasteiger charge is -2.72. The van der Waals surface area contributed by atoms with E-state index in [-0.39, 0.29) is 46.2 Å². The van der Waals surface area contributed by atoms with Gasteiger partial charge in [-0.05, 0) is 84.4 Å². The number of hydrogen-bond donors (Lipinski definition) is 1. The van der Waals surface area contributed by atoms with Crippen molar-refractivity contribution in [2.75, 3.05) is 5.75 Å². The first-order chi connectivity index (χ1) is 19.0. The summed E-state index contributed by atoms with van der Waals surface area (Å²) in [5, 5.41) is 9.89. The van der Waals surface area contributed by atoms with Gasteiger partial charge in [-0.3, -0.25) is 9.59 Å². The summed E-state index contributed by atoms with van der Waals surface area (Å²) in [6.45, 7) is 14.5. The third kappa shape index (κ3) is 4.45. The molecule has 4 saturated carbocycles. The van der Waals surface area contributed by atoms with E-state index in [1.807, 2.05) is 19.9 Å². The fourth-order valence-electron chi connectivity index (χ4n) is 11.0. The number of carbonyl (C=O) groups is 2. The second-order valence-electron chi connectivity index (χ2n) is 16.3. The molecule has 10 heteroatoms. The molecule has 0 unspecified atom stereocenters. The highest BCUT2D eigenvalue weighted by molar-refractivity contribution is 7.89. The zero-order chi connectivity index (χ0) is 31.5. The number of hydrogen-bond acceptors (Lipinski definition) is 5. The van der Waals surface area contributed by atoms with Crippen molar-refractivity contribution in [3.8, 4) is 6.07 Å². The number of nitrogens with one attached hydrogen (secondary N) is 1. The molecule has 0 heterocycles. The molecule has 1 N–H and O–H groups in total. The fraction of sp³-hybridized carbons (Fsp3) is 0.844. The topological polar surface area (TPSA) is 104 Å². The largest absolute Gasteiger partial charge is 0.404 e. The number of Topliss-reactive ketones (excluding diaryl/α,β-unsaturated/α-hetero) is 2. The van der Waals surface area contributed by atoms with Crippen LogP contribution in [0.3, 0.4) is 0 Å². The molecule has 0 aliphatic heterocycles. The van der Waals surface area contributed by atoms with Crippen molar-refractivity contribution in [1.29, 1.82) is 5.26 Å². The lowest BCUT2D eigenvalue weighted by Crippen LogP contribution is -2.72. The highest BCUT2D eigenvalue weighted by Gasteiger charge is 2.72. The van der Waals surface area contributed by atoms with Gasteiger partial charge >= 0.3 is 6.18 Å². The summed E-state index contributed by atoms with van der Waals surface area (Å²) in [4.78, 5) is 27.8. The SMILES string of the molecule is CC1(C)CC[C@]2(NS(=O)(=O)CC(F)(F)F)CC[C@]3(C)[C@H](C(=O)C[C@@H]4[C@@]5(C)C=C(C#N)C(=O)C(C)(C)[C@@H]5CC[C@]43C)[C@H]2C1. The number of halogens is 3. The van der Waals surface area contributed by atoms with Crippen LogP contribution in [0.4, 0.5) is 13.2 Å². The van der Waals surface area contributed by atoms with E-state index >= 15 is 0 Å². The average molecular weight is 611 g/mol. The van der Waals surface area contributed by atoms with E-state index in [1.54, 1.807) is 0 Å². The molecule has 6 nitrogen and oxygen atoms in total. The van der Waals surface area contributed by atoms with Crippen LogP contribution in [0.15, 0.2) is 11.6 Å². The highest BCUT2D eigenvalue weighted by Crippen LogP contribution is 2.74. The van der Waals surface area contributed by atoms with Gasteiger partial charge < -0.3 is 0 Å². The average Bonchev–Trinajstić information content (AvgIpc) is 2.82. The van der Waals surface area contributed by atoms with Crippen LogP contribution in [-0.2, 0) is 19.6 Å². The maximum atomic E-state index is 14.5. The van der Waals surface area contributed by atoms with Gasteiger partial charge in [0, 0.05) is 23.3 Å². The second kappa shape index (κ2) is 9.15. The fourth-order valence-corrected chi connectivity index (χ4v) is 12.5. The van der Waals surface area contributed by atoms with Gasteiger partial charge in [0.2, 0.25) is 10.0 Å². The molecule has 8 atom stereocenters. The minimum absolute atomic E-state index is 0.0326. The predicted molar refractivity (Wildman–Crippen MR) is 152 cm³/mol. The van der Waals surface area contributed by atoms with E-state index in [4.69, 9.17) is 0 Å². The number of fused-ring (bicyclic) bond motifs is 7. The summed E-state index contributed by atoms with van der Waals surface area (Å²) in [6, 6.07) is 2.12. The van der Waals surface area contributed by atoms with Gasteiger partial charge in [-0.15, -0.1) is 0 Å². The maximum Gasteiger partial charge on any atom is 0.404 e. The number of nitrogens with zero attached hydrogens (tertiary/aromatic N) is 1. The van der Waals surface area contributed by atoms with Crippen LogP contribution in [-0.4, -0.2) is 37.5 Å². The van der Waals surface area contributed by atoms with Crippen molar-refractivity contribution in [3.63, 3.8) is 0 Å². The first-order valence-electron chi connectivity index (χ1n) is 15.3. The molecular formula is C32H45F3N2O4S. The third-order valence-corrected chi connectivity index (χ3v) is 14.6. The predicted octanol–water partition coefficient (Wildman–Crippen LogP) is 6.52. The zero-order valence-corrected chi connectivity index (χ0v) is 26.7. The molecule has 0 amide bonds. The first kappa shape index (κ1) is 31.7. The minimum atomic E-state index is -4.87. The molecule has 0 saturated heterocycles. The highest BCUT2D eigenvalue weighted by atomic mass is 32.2. The molecule has 5 aliphatic carbocycles. The molecule has 234 valence electrons. The summed E-state index contributed by atoms with van der Waals surface area (Å²) >= 11 is 0. The number of sulfonamides is 1. The van der Waals surface area contributed by atoms with Gasteiger partial charge in [0.05, 0.1) is 5.57 Å². The van der Waals surface area contributed by atoms with Crippen LogP contribution >= 0.6 is 0 Å². The van der Waals surface area contributed by atoms with Crippen LogP contribution in [0.5, 0.6) is 0 Å². The minimum Gasteiger partial charge on any atom is -0.299 e. The molecule has 0 bridgehead atoms. The number of alkyl halides is 3. The molecule has 5 aliphatic rings. The van der Waals surface area contributed by atoms with E-state index < -0.39 is 55.6 Å². The Morgan fingerprint density at radius 3 is 2.17 bits per heavy atom. The van der Waals surface area contributed by atoms with Crippen molar-refractivity contribution in [3.05, 3.63) is 11.6 Å². The Kier molecular flexibility index (Phi) is 6.91. The summed E-state index contributed by atoms with van der Waals surface area (Å²) in [5.41, 5.74) is -3.33. The maximum absolute atomic E-state index is 14.5. The Bertz CT molecular complexity index is 1390. The van der Waals surface area contributed by atoms with Crippen molar-refractivity contribution >= 4 is 21.6 Å². The summed E-state index contributed by atoms with van der Waals surface area (Å²) in [6.07, 6.45) is 1.24.